The molecule has 0 amide bonds. The van der Waals surface area contributed by atoms with Crippen molar-refractivity contribution in [1.82, 2.24) is 0 Å². The molecule has 1 aliphatic carbocycles. The van der Waals surface area contributed by atoms with Gasteiger partial charge in [-0.25, -0.2) is 4.79 Å². The van der Waals surface area contributed by atoms with E-state index >= 15 is 0 Å². The summed E-state index contributed by atoms with van der Waals surface area (Å²) < 4.78 is 6.43. The Labute approximate surface area is 116 Å². The Kier molecular flexibility index (Phi) is 5.00. The van der Waals surface area contributed by atoms with Gasteiger partial charge in [0, 0.05) is 10.5 Å². The van der Waals surface area contributed by atoms with Crippen LogP contribution in [0, 0.1) is 0 Å². The lowest BCUT2D eigenvalue weighted by atomic mass is 9.98. The number of carbonyl (C=O) groups is 1. The molecule has 0 saturated heterocycles. The van der Waals surface area contributed by atoms with Crippen molar-refractivity contribution in [3.63, 3.8) is 0 Å². The number of ether oxygens (including phenoxy) is 1. The predicted molar refractivity (Wildman–Crippen MR) is 76.1 cm³/mol. The standard InChI is InChI=1S/C15H17BrO2/c16-13-9-6-12(7-10-13)8-11-15(17)18-14-4-2-1-3-5-14/h6-11,14H,1-5H2/b11-8+. The van der Waals surface area contributed by atoms with Crippen LogP contribution in [0.25, 0.3) is 6.08 Å². The highest BCUT2D eigenvalue weighted by Crippen LogP contribution is 2.20. The predicted octanol–water partition coefficient (Wildman–Crippen LogP) is 4.34. The fourth-order valence-corrected chi connectivity index (χ4v) is 2.39. The number of halogens is 1. The fourth-order valence-electron chi connectivity index (χ4n) is 2.12. The van der Waals surface area contributed by atoms with Crippen LogP contribution in [0.15, 0.2) is 34.8 Å². The zero-order valence-corrected chi connectivity index (χ0v) is 11.9. The molecule has 2 rings (SSSR count). The molecule has 2 nitrogen and oxygen atoms in total. The van der Waals surface area contributed by atoms with Crippen LogP contribution in [0.2, 0.25) is 0 Å². The quantitative estimate of drug-likeness (QED) is 0.613. The van der Waals surface area contributed by atoms with Crippen LogP contribution in [0.3, 0.4) is 0 Å². The number of esters is 1. The maximum Gasteiger partial charge on any atom is 0.331 e. The molecule has 18 heavy (non-hydrogen) atoms. The normalized spacial score (nSPS) is 16.9. The van der Waals surface area contributed by atoms with Crippen molar-refractivity contribution < 1.29 is 9.53 Å². The van der Waals surface area contributed by atoms with E-state index in [4.69, 9.17) is 4.74 Å². The third-order valence-electron chi connectivity index (χ3n) is 3.12. The van der Waals surface area contributed by atoms with Gasteiger partial charge in [-0.15, -0.1) is 0 Å². The maximum absolute atomic E-state index is 11.6. The van der Waals surface area contributed by atoms with E-state index in [9.17, 15) is 4.79 Å². The minimum absolute atomic E-state index is 0.126. The molecule has 1 aromatic rings. The minimum Gasteiger partial charge on any atom is -0.459 e. The second-order valence-corrected chi connectivity index (χ2v) is 5.50. The summed E-state index contributed by atoms with van der Waals surface area (Å²) in [6.45, 7) is 0. The summed E-state index contributed by atoms with van der Waals surface area (Å²) in [5, 5.41) is 0. The zero-order valence-electron chi connectivity index (χ0n) is 10.3. The second kappa shape index (κ2) is 6.74. The van der Waals surface area contributed by atoms with E-state index in [0.29, 0.717) is 0 Å². The van der Waals surface area contributed by atoms with E-state index in [1.807, 2.05) is 24.3 Å². The van der Waals surface area contributed by atoms with E-state index in [1.165, 1.54) is 25.3 Å². The van der Waals surface area contributed by atoms with E-state index in [1.54, 1.807) is 6.08 Å². The highest BCUT2D eigenvalue weighted by Gasteiger charge is 2.16. The van der Waals surface area contributed by atoms with E-state index in [-0.39, 0.29) is 12.1 Å². The molecule has 96 valence electrons. The van der Waals surface area contributed by atoms with Gasteiger partial charge in [0.1, 0.15) is 6.10 Å². The largest absolute Gasteiger partial charge is 0.459 e. The molecular weight excluding hydrogens is 292 g/mol. The van der Waals surface area contributed by atoms with Crippen molar-refractivity contribution >= 4 is 28.0 Å². The van der Waals surface area contributed by atoms with Gasteiger partial charge in [0.15, 0.2) is 0 Å². The average Bonchev–Trinajstić information content (AvgIpc) is 2.39. The van der Waals surface area contributed by atoms with Gasteiger partial charge in [0.05, 0.1) is 0 Å². The molecule has 0 radical (unpaired) electrons. The Morgan fingerprint density at radius 1 is 1.17 bits per heavy atom. The Bertz CT molecular complexity index is 417. The Hall–Kier alpha value is -1.09. The number of benzene rings is 1. The number of carbonyl (C=O) groups excluding carboxylic acids is 1. The van der Waals surface area contributed by atoms with Crippen LogP contribution < -0.4 is 0 Å². The SMILES string of the molecule is O=C(/C=C/c1ccc(Br)cc1)OC1CCCCC1. The smallest absolute Gasteiger partial charge is 0.331 e. The van der Waals surface area contributed by atoms with Crippen LogP contribution in [0.5, 0.6) is 0 Å². The maximum atomic E-state index is 11.6. The Morgan fingerprint density at radius 2 is 1.83 bits per heavy atom. The van der Waals surface area contributed by atoms with Gasteiger partial charge in [-0.05, 0) is 49.5 Å². The fraction of sp³-hybridized carbons (Fsp3) is 0.400. The summed E-state index contributed by atoms with van der Waals surface area (Å²) in [7, 11) is 0. The van der Waals surface area contributed by atoms with Gasteiger partial charge in [-0.1, -0.05) is 34.5 Å². The molecule has 1 aromatic carbocycles. The zero-order chi connectivity index (χ0) is 12.8. The molecular formula is C15H17BrO2. The van der Waals surface area contributed by atoms with Crippen molar-refractivity contribution in [3.8, 4) is 0 Å². The number of rotatable bonds is 3. The number of hydrogen-bond donors (Lipinski definition) is 0. The van der Waals surface area contributed by atoms with Gasteiger partial charge >= 0.3 is 5.97 Å². The minimum atomic E-state index is -0.232. The highest BCUT2D eigenvalue weighted by molar-refractivity contribution is 9.10. The summed E-state index contributed by atoms with van der Waals surface area (Å²) in [5.74, 6) is -0.232. The van der Waals surface area contributed by atoms with Crippen molar-refractivity contribution in [2.45, 2.75) is 38.2 Å². The van der Waals surface area contributed by atoms with Crippen molar-refractivity contribution in [1.29, 1.82) is 0 Å². The molecule has 0 spiro atoms. The molecule has 0 aromatic heterocycles. The van der Waals surface area contributed by atoms with Crippen LogP contribution in [-0.2, 0) is 9.53 Å². The Balaban J connectivity index is 1.84. The molecule has 3 heteroatoms. The van der Waals surface area contributed by atoms with E-state index in [2.05, 4.69) is 15.9 Å². The molecule has 0 aliphatic heterocycles. The molecule has 0 bridgehead atoms. The second-order valence-electron chi connectivity index (χ2n) is 4.58. The van der Waals surface area contributed by atoms with Gasteiger partial charge in [0.2, 0.25) is 0 Å². The first-order valence-corrected chi connectivity index (χ1v) is 7.17. The molecule has 1 fully saturated rings. The first-order valence-electron chi connectivity index (χ1n) is 6.38. The van der Waals surface area contributed by atoms with Crippen LogP contribution in [0.1, 0.15) is 37.7 Å². The van der Waals surface area contributed by atoms with Crippen molar-refractivity contribution in [2.24, 2.45) is 0 Å². The molecule has 0 N–H and O–H groups in total. The van der Waals surface area contributed by atoms with E-state index < -0.39 is 0 Å². The first-order chi connectivity index (χ1) is 8.74. The van der Waals surface area contributed by atoms with Gasteiger partial charge in [-0.2, -0.15) is 0 Å². The van der Waals surface area contributed by atoms with Gasteiger partial charge in [-0.3, -0.25) is 0 Å². The summed E-state index contributed by atoms with van der Waals surface area (Å²) in [4.78, 5) is 11.6. The molecule has 0 unspecified atom stereocenters. The molecule has 0 atom stereocenters. The topological polar surface area (TPSA) is 26.3 Å². The van der Waals surface area contributed by atoms with Crippen LogP contribution >= 0.6 is 15.9 Å². The van der Waals surface area contributed by atoms with Gasteiger partial charge < -0.3 is 4.74 Å². The summed E-state index contributed by atoms with van der Waals surface area (Å²) in [6, 6.07) is 7.81. The van der Waals surface area contributed by atoms with E-state index in [0.717, 1.165) is 22.9 Å². The monoisotopic (exact) mass is 308 g/mol. The van der Waals surface area contributed by atoms with Gasteiger partial charge in [0.25, 0.3) is 0 Å². The van der Waals surface area contributed by atoms with Crippen molar-refractivity contribution in [3.05, 3.63) is 40.4 Å². The first kappa shape index (κ1) is 13.3. The lowest BCUT2D eigenvalue weighted by molar-refractivity contribution is -0.144. The summed E-state index contributed by atoms with van der Waals surface area (Å²) >= 11 is 3.38. The number of hydrogen-bond acceptors (Lipinski definition) is 2. The molecule has 0 heterocycles. The summed E-state index contributed by atoms with van der Waals surface area (Å²) in [6.07, 6.45) is 9.07. The molecule has 1 aliphatic rings. The van der Waals surface area contributed by atoms with Crippen LogP contribution in [-0.4, -0.2) is 12.1 Å². The lowest BCUT2D eigenvalue weighted by Crippen LogP contribution is -2.19. The highest BCUT2D eigenvalue weighted by atomic mass is 79.9. The lowest BCUT2D eigenvalue weighted by Gasteiger charge is -2.20. The average molecular weight is 309 g/mol. The van der Waals surface area contributed by atoms with Crippen LogP contribution in [0.4, 0.5) is 0 Å². The third kappa shape index (κ3) is 4.30. The molecule has 1 saturated carbocycles. The summed E-state index contributed by atoms with van der Waals surface area (Å²) in [5.41, 5.74) is 0.999. The Morgan fingerprint density at radius 3 is 2.50 bits per heavy atom. The van der Waals surface area contributed by atoms with Crippen molar-refractivity contribution in [2.75, 3.05) is 0 Å². The third-order valence-corrected chi connectivity index (χ3v) is 3.65.